The van der Waals surface area contributed by atoms with Gasteiger partial charge in [-0.2, -0.15) is 0 Å². The van der Waals surface area contributed by atoms with E-state index in [1.54, 1.807) is 0 Å². The van der Waals surface area contributed by atoms with Crippen molar-refractivity contribution < 1.29 is 0 Å². The first-order valence-electron chi connectivity index (χ1n) is 23.1. The summed E-state index contributed by atoms with van der Waals surface area (Å²) in [5.74, 6) is 1.97. The van der Waals surface area contributed by atoms with E-state index in [1.807, 2.05) is 60.7 Å². The molecule has 12 aromatic rings. The van der Waals surface area contributed by atoms with Crippen LogP contribution in [-0.2, 0) is 0 Å². The molecule has 0 radical (unpaired) electrons. The summed E-state index contributed by atoms with van der Waals surface area (Å²) in [6, 6.07) is 78.3. The van der Waals surface area contributed by atoms with Crippen LogP contribution in [0, 0.1) is 0 Å². The van der Waals surface area contributed by atoms with E-state index in [0.717, 1.165) is 35.1 Å². The summed E-state index contributed by atoms with van der Waals surface area (Å²) in [4.78, 5) is 14.8. The third kappa shape index (κ3) is 6.73. The lowest BCUT2D eigenvalue weighted by molar-refractivity contribution is 0.982. The molecule has 10 aromatic carbocycles. The van der Waals surface area contributed by atoms with Crippen LogP contribution in [0.3, 0.4) is 0 Å². The molecule has 0 spiro atoms. The zero-order valence-electron chi connectivity index (χ0n) is 36.6. The third-order valence-corrected chi connectivity index (χ3v) is 13.5. The van der Waals surface area contributed by atoms with Gasteiger partial charge in [-0.1, -0.05) is 200 Å². The molecule has 0 saturated heterocycles. The van der Waals surface area contributed by atoms with Gasteiger partial charge in [-0.3, -0.25) is 0 Å². The molecule has 1 aliphatic rings. The average Bonchev–Trinajstić information content (AvgIpc) is 3.75. The zero-order valence-corrected chi connectivity index (χ0v) is 36.6. The number of hydrogen-bond acceptors (Lipinski definition) is 3. The van der Waals surface area contributed by atoms with Gasteiger partial charge in [-0.15, -0.1) is 0 Å². The fourth-order valence-electron chi connectivity index (χ4n) is 10.3. The molecule has 0 aliphatic heterocycles. The summed E-state index contributed by atoms with van der Waals surface area (Å²) < 4.78 is 2.49. The van der Waals surface area contributed by atoms with Crippen molar-refractivity contribution in [2.45, 2.75) is 12.8 Å². The minimum Gasteiger partial charge on any atom is -0.313 e. The Morgan fingerprint density at radius 1 is 0.313 bits per heavy atom. The van der Waals surface area contributed by atoms with Crippen LogP contribution in [0.1, 0.15) is 18.4 Å². The molecule has 2 heterocycles. The first-order chi connectivity index (χ1) is 33.2. The van der Waals surface area contributed by atoms with E-state index in [9.17, 15) is 0 Å². The smallest absolute Gasteiger partial charge is 0.164 e. The predicted molar refractivity (Wildman–Crippen MR) is 280 cm³/mol. The van der Waals surface area contributed by atoms with E-state index in [2.05, 4.69) is 174 Å². The van der Waals surface area contributed by atoms with Gasteiger partial charge < -0.3 is 4.57 Å². The van der Waals surface area contributed by atoms with Crippen molar-refractivity contribution in [1.82, 2.24) is 19.5 Å². The third-order valence-electron chi connectivity index (χ3n) is 13.5. The minimum atomic E-state index is 0.653. The van der Waals surface area contributed by atoms with Gasteiger partial charge in [-0.25, -0.2) is 15.0 Å². The molecule has 1 aliphatic carbocycles. The molecule has 314 valence electrons. The quantitative estimate of drug-likeness (QED) is 0.150. The monoisotopic (exact) mass is 854 g/mol. The Bertz CT molecular complexity index is 3860. The van der Waals surface area contributed by atoms with Gasteiger partial charge in [0.1, 0.15) is 0 Å². The van der Waals surface area contributed by atoms with Crippen molar-refractivity contribution in [2.75, 3.05) is 0 Å². The Hall–Kier alpha value is -8.73. The summed E-state index contributed by atoms with van der Waals surface area (Å²) in [6.07, 6.45) is 6.64. The maximum Gasteiger partial charge on any atom is 0.164 e. The number of allylic oxidation sites excluding steroid dienone is 4. The summed E-state index contributed by atoms with van der Waals surface area (Å²) >= 11 is 0. The molecule has 2 aromatic heterocycles. The highest BCUT2D eigenvalue weighted by atomic mass is 15.0. The second-order valence-corrected chi connectivity index (χ2v) is 17.4. The highest BCUT2D eigenvalue weighted by Crippen LogP contribution is 2.42. The lowest BCUT2D eigenvalue weighted by Crippen LogP contribution is -2.01. The molecule has 0 amide bonds. The molecule has 13 rings (SSSR count). The van der Waals surface area contributed by atoms with Crippen LogP contribution in [0.4, 0.5) is 0 Å². The molecular weight excluding hydrogens is 813 g/mol. The zero-order chi connectivity index (χ0) is 44.3. The molecule has 0 atom stereocenters. The SMILES string of the molecule is C1=C(c2ccc(-c3nc(-c4ccccc4)nc(-c4ccccc4)n3)cc2)C=C(n2c3ccccc3c3cc(-c4ccccc4-c4ccc5c6ccccc6c6ccccc6c5c4)ccc32)CC1. The predicted octanol–water partition coefficient (Wildman–Crippen LogP) is 16.5. The normalized spacial score (nSPS) is 12.8. The van der Waals surface area contributed by atoms with Gasteiger partial charge in [0.2, 0.25) is 0 Å². The highest BCUT2D eigenvalue weighted by molar-refractivity contribution is 6.26. The van der Waals surface area contributed by atoms with Gasteiger partial charge in [0.05, 0.1) is 11.0 Å². The van der Waals surface area contributed by atoms with Crippen LogP contribution in [0.25, 0.3) is 122 Å². The van der Waals surface area contributed by atoms with Crippen LogP contribution in [0.2, 0.25) is 0 Å². The van der Waals surface area contributed by atoms with Crippen LogP contribution < -0.4 is 0 Å². The van der Waals surface area contributed by atoms with Crippen molar-refractivity contribution >= 4 is 65.4 Å². The lowest BCUT2D eigenvalue weighted by atomic mass is 9.89. The maximum absolute atomic E-state index is 4.97. The first kappa shape index (κ1) is 38.7. The lowest BCUT2D eigenvalue weighted by Gasteiger charge is -2.18. The van der Waals surface area contributed by atoms with Gasteiger partial charge in [0.25, 0.3) is 0 Å². The van der Waals surface area contributed by atoms with Crippen molar-refractivity contribution in [2.24, 2.45) is 0 Å². The van der Waals surface area contributed by atoms with E-state index in [-0.39, 0.29) is 0 Å². The summed E-state index contributed by atoms with van der Waals surface area (Å²) in [5, 5.41) is 10.2. The van der Waals surface area contributed by atoms with Gasteiger partial charge in [0, 0.05) is 33.2 Å². The number of aromatic nitrogens is 4. The van der Waals surface area contributed by atoms with Crippen molar-refractivity contribution in [1.29, 1.82) is 0 Å². The fourth-order valence-corrected chi connectivity index (χ4v) is 10.3. The largest absolute Gasteiger partial charge is 0.313 e. The molecule has 0 unspecified atom stereocenters. The van der Waals surface area contributed by atoms with Gasteiger partial charge in [-0.05, 0) is 109 Å². The summed E-state index contributed by atoms with van der Waals surface area (Å²) in [7, 11) is 0. The van der Waals surface area contributed by atoms with Crippen LogP contribution in [0.5, 0.6) is 0 Å². The summed E-state index contributed by atoms with van der Waals surface area (Å²) in [5.41, 5.74) is 13.8. The second-order valence-electron chi connectivity index (χ2n) is 17.4. The standard InChI is InChI=1S/C63H42N4/c1-3-16-42(17-4-1)61-64-62(43-18-5-2-6-19-43)66-63(65-61)44-32-30-41(31-33-44)45-20-15-21-48(38-45)67-59-29-14-13-28-56(59)58-40-47(35-37-60(58)67)50-23-8-7-22-49(50)46-34-36-55-53-26-10-9-24-51(53)52-25-11-12-27-54(52)57(55)39-46/h1-14,16-20,22-40H,15,21H2. The fraction of sp³-hybridized carbons (Fsp3) is 0.0317. The molecular formula is C63H42N4. The van der Waals surface area contributed by atoms with Crippen LogP contribution in [-0.4, -0.2) is 19.5 Å². The van der Waals surface area contributed by atoms with E-state index >= 15 is 0 Å². The van der Waals surface area contributed by atoms with E-state index in [1.165, 1.54) is 87.6 Å². The van der Waals surface area contributed by atoms with Crippen molar-refractivity contribution in [3.63, 3.8) is 0 Å². The first-order valence-corrected chi connectivity index (χ1v) is 23.1. The van der Waals surface area contributed by atoms with Crippen LogP contribution >= 0.6 is 0 Å². The minimum absolute atomic E-state index is 0.653. The number of fused-ring (bicyclic) bond motifs is 9. The number of nitrogens with zero attached hydrogens (tertiary/aromatic N) is 4. The average molecular weight is 855 g/mol. The molecule has 67 heavy (non-hydrogen) atoms. The number of para-hydroxylation sites is 1. The highest BCUT2D eigenvalue weighted by Gasteiger charge is 2.19. The molecule has 0 N–H and O–H groups in total. The molecule has 0 bridgehead atoms. The Balaban J connectivity index is 0.864. The van der Waals surface area contributed by atoms with Crippen LogP contribution in [0.15, 0.2) is 231 Å². The number of hydrogen-bond donors (Lipinski definition) is 0. The Labute approximate surface area is 388 Å². The molecule has 4 heteroatoms. The van der Waals surface area contributed by atoms with Gasteiger partial charge in [0.15, 0.2) is 17.5 Å². The molecule has 0 fully saturated rings. The van der Waals surface area contributed by atoms with Crippen molar-refractivity contribution in [3.8, 4) is 56.4 Å². The van der Waals surface area contributed by atoms with Crippen molar-refractivity contribution in [3.05, 3.63) is 236 Å². The Kier molecular flexibility index (Phi) is 9.28. The molecule has 0 saturated carbocycles. The maximum atomic E-state index is 4.97. The van der Waals surface area contributed by atoms with E-state index in [4.69, 9.17) is 15.0 Å². The topological polar surface area (TPSA) is 43.6 Å². The van der Waals surface area contributed by atoms with E-state index in [0.29, 0.717) is 17.5 Å². The molecule has 4 nitrogen and oxygen atoms in total. The van der Waals surface area contributed by atoms with E-state index < -0.39 is 0 Å². The Morgan fingerprint density at radius 3 is 1.33 bits per heavy atom. The Morgan fingerprint density at radius 2 is 0.731 bits per heavy atom. The number of benzene rings is 10. The summed E-state index contributed by atoms with van der Waals surface area (Å²) in [6.45, 7) is 0. The van der Waals surface area contributed by atoms with Gasteiger partial charge >= 0.3 is 0 Å². The second kappa shape index (κ2) is 16.1. The number of rotatable bonds is 7.